The van der Waals surface area contributed by atoms with E-state index < -0.39 is 0 Å². The number of piperazine rings is 1. The van der Waals surface area contributed by atoms with Gasteiger partial charge >= 0.3 is 6.03 Å². The van der Waals surface area contributed by atoms with Crippen molar-refractivity contribution in [2.24, 2.45) is 0 Å². The van der Waals surface area contributed by atoms with Crippen LogP contribution >= 0.6 is 15.9 Å². The molecule has 1 aromatic carbocycles. The lowest BCUT2D eigenvalue weighted by Gasteiger charge is -2.42. The summed E-state index contributed by atoms with van der Waals surface area (Å²) in [6.45, 7) is 10.0. The lowest BCUT2D eigenvalue weighted by molar-refractivity contribution is 0.0774. The summed E-state index contributed by atoms with van der Waals surface area (Å²) >= 11 is 3.38. The number of rotatable bonds is 1. The molecule has 1 fully saturated rings. The summed E-state index contributed by atoms with van der Waals surface area (Å²) in [5.41, 5.74) is 1.00. The third-order valence-corrected chi connectivity index (χ3v) is 4.14. The molecule has 0 saturated carbocycles. The first-order valence-electron chi connectivity index (χ1n) is 6.93. The van der Waals surface area contributed by atoms with Gasteiger partial charge in [0.2, 0.25) is 0 Å². The van der Waals surface area contributed by atoms with Gasteiger partial charge in [0.05, 0.1) is 0 Å². The van der Waals surface area contributed by atoms with Gasteiger partial charge in [-0.15, -0.1) is 0 Å². The molecule has 2 rings (SSSR count). The second-order valence-electron chi connectivity index (χ2n) is 6.08. The molecule has 0 atom stereocenters. The molecule has 5 heteroatoms. The van der Waals surface area contributed by atoms with Gasteiger partial charge in [0.15, 0.2) is 0 Å². The summed E-state index contributed by atoms with van der Waals surface area (Å²) in [4.78, 5) is 16.5. The third kappa shape index (κ3) is 3.96. The Morgan fingerprint density at radius 3 is 2.15 bits per heavy atom. The molecular formula is C15H22BrN3O. The summed E-state index contributed by atoms with van der Waals surface area (Å²) in [6, 6.07) is 7.63. The number of carbonyl (C=O) groups excluding carboxylic acids is 1. The van der Waals surface area contributed by atoms with Crippen LogP contribution in [0.25, 0.3) is 0 Å². The minimum absolute atomic E-state index is 0.0131. The zero-order valence-electron chi connectivity index (χ0n) is 12.3. The van der Waals surface area contributed by atoms with Crippen molar-refractivity contribution in [2.75, 3.05) is 31.5 Å². The highest BCUT2D eigenvalue weighted by atomic mass is 79.9. The number of nitrogens with zero attached hydrogens (tertiary/aromatic N) is 2. The number of hydrogen-bond donors (Lipinski definition) is 1. The molecule has 110 valence electrons. The van der Waals surface area contributed by atoms with Gasteiger partial charge < -0.3 is 10.2 Å². The van der Waals surface area contributed by atoms with E-state index in [1.54, 1.807) is 0 Å². The summed E-state index contributed by atoms with van der Waals surface area (Å²) in [6.07, 6.45) is 0. The fourth-order valence-electron chi connectivity index (χ4n) is 2.32. The molecule has 0 aromatic heterocycles. The minimum atomic E-state index is -0.0131. The maximum atomic E-state index is 12.2. The van der Waals surface area contributed by atoms with Crippen LogP contribution in [0.4, 0.5) is 10.5 Å². The van der Waals surface area contributed by atoms with E-state index in [1.165, 1.54) is 0 Å². The highest BCUT2D eigenvalue weighted by molar-refractivity contribution is 9.10. The first kappa shape index (κ1) is 15.3. The molecule has 0 aliphatic carbocycles. The van der Waals surface area contributed by atoms with E-state index >= 15 is 0 Å². The minimum Gasteiger partial charge on any atom is -0.322 e. The Kier molecular flexibility index (Phi) is 4.70. The normalized spacial score (nSPS) is 17.1. The molecule has 1 aliphatic heterocycles. The molecule has 0 radical (unpaired) electrons. The number of hydrogen-bond acceptors (Lipinski definition) is 2. The van der Waals surface area contributed by atoms with E-state index in [2.05, 4.69) is 46.9 Å². The van der Waals surface area contributed by atoms with E-state index in [1.807, 2.05) is 29.2 Å². The van der Waals surface area contributed by atoms with Gasteiger partial charge in [-0.2, -0.15) is 0 Å². The maximum absolute atomic E-state index is 12.2. The second-order valence-corrected chi connectivity index (χ2v) is 7.00. The number of anilines is 1. The number of carbonyl (C=O) groups is 1. The van der Waals surface area contributed by atoms with Crippen LogP contribution in [0.1, 0.15) is 20.8 Å². The lowest BCUT2D eigenvalue weighted by Crippen LogP contribution is -2.55. The van der Waals surface area contributed by atoms with Gasteiger partial charge in [0, 0.05) is 41.9 Å². The van der Waals surface area contributed by atoms with Crippen LogP contribution in [0.3, 0.4) is 0 Å². The van der Waals surface area contributed by atoms with Crippen LogP contribution < -0.4 is 5.32 Å². The predicted molar refractivity (Wildman–Crippen MR) is 86.1 cm³/mol. The molecule has 1 heterocycles. The van der Waals surface area contributed by atoms with Crippen LogP contribution in [-0.4, -0.2) is 47.5 Å². The smallest absolute Gasteiger partial charge is 0.321 e. The number of benzene rings is 1. The maximum Gasteiger partial charge on any atom is 0.321 e. The summed E-state index contributed by atoms with van der Waals surface area (Å²) in [7, 11) is 0. The molecule has 0 bridgehead atoms. The SMILES string of the molecule is CC(C)(C)N1CCN(C(=O)Nc2ccc(Br)cc2)CC1. The van der Waals surface area contributed by atoms with Crippen molar-refractivity contribution in [3.8, 4) is 0 Å². The van der Waals surface area contributed by atoms with E-state index in [-0.39, 0.29) is 11.6 Å². The predicted octanol–water partition coefficient (Wildman–Crippen LogP) is 3.40. The molecular weight excluding hydrogens is 318 g/mol. The van der Waals surface area contributed by atoms with E-state index in [0.717, 1.165) is 36.3 Å². The standard InChI is InChI=1S/C15H22BrN3O/c1-15(2,3)19-10-8-18(9-11-19)14(20)17-13-6-4-12(16)5-7-13/h4-7H,8-11H2,1-3H3,(H,17,20). The summed E-state index contributed by atoms with van der Waals surface area (Å²) < 4.78 is 1.01. The Labute approximate surface area is 129 Å². The van der Waals surface area contributed by atoms with Gasteiger partial charge in [-0.1, -0.05) is 15.9 Å². The average Bonchev–Trinajstić information content (AvgIpc) is 2.40. The largest absolute Gasteiger partial charge is 0.322 e. The Bertz CT molecular complexity index is 459. The fraction of sp³-hybridized carbons (Fsp3) is 0.533. The van der Waals surface area contributed by atoms with Crippen molar-refractivity contribution in [3.05, 3.63) is 28.7 Å². The van der Waals surface area contributed by atoms with Gasteiger partial charge in [-0.3, -0.25) is 4.90 Å². The highest BCUT2D eigenvalue weighted by Gasteiger charge is 2.27. The van der Waals surface area contributed by atoms with Gasteiger partial charge in [-0.25, -0.2) is 4.79 Å². The molecule has 0 spiro atoms. The molecule has 1 N–H and O–H groups in total. The van der Waals surface area contributed by atoms with Crippen LogP contribution in [0.5, 0.6) is 0 Å². The van der Waals surface area contributed by atoms with Crippen molar-refractivity contribution in [2.45, 2.75) is 26.3 Å². The van der Waals surface area contributed by atoms with Crippen LogP contribution in [0.2, 0.25) is 0 Å². The lowest BCUT2D eigenvalue weighted by atomic mass is 10.1. The Morgan fingerprint density at radius 1 is 1.10 bits per heavy atom. The summed E-state index contributed by atoms with van der Waals surface area (Å²) in [5, 5.41) is 2.94. The van der Waals surface area contributed by atoms with Crippen LogP contribution in [0, 0.1) is 0 Å². The second kappa shape index (κ2) is 6.14. The topological polar surface area (TPSA) is 35.6 Å². The van der Waals surface area contributed by atoms with E-state index in [9.17, 15) is 4.79 Å². The number of halogens is 1. The highest BCUT2D eigenvalue weighted by Crippen LogP contribution is 2.17. The molecule has 0 unspecified atom stereocenters. The Hall–Kier alpha value is -1.07. The zero-order valence-corrected chi connectivity index (χ0v) is 13.9. The quantitative estimate of drug-likeness (QED) is 0.851. The van der Waals surface area contributed by atoms with Crippen LogP contribution in [0.15, 0.2) is 28.7 Å². The van der Waals surface area contributed by atoms with Gasteiger partial charge in [0.1, 0.15) is 0 Å². The molecule has 20 heavy (non-hydrogen) atoms. The van der Waals surface area contributed by atoms with E-state index in [0.29, 0.717) is 0 Å². The number of nitrogens with one attached hydrogen (secondary N) is 1. The van der Waals surface area contributed by atoms with Crippen molar-refractivity contribution < 1.29 is 4.79 Å². The monoisotopic (exact) mass is 339 g/mol. The fourth-order valence-corrected chi connectivity index (χ4v) is 2.58. The van der Waals surface area contributed by atoms with E-state index in [4.69, 9.17) is 0 Å². The molecule has 2 amide bonds. The zero-order chi connectivity index (χ0) is 14.8. The molecule has 1 aromatic rings. The third-order valence-electron chi connectivity index (χ3n) is 3.61. The first-order valence-corrected chi connectivity index (χ1v) is 7.72. The van der Waals surface area contributed by atoms with Gasteiger partial charge in [0.25, 0.3) is 0 Å². The molecule has 1 aliphatic rings. The van der Waals surface area contributed by atoms with Crippen molar-refractivity contribution in [1.29, 1.82) is 0 Å². The first-order chi connectivity index (χ1) is 9.36. The average molecular weight is 340 g/mol. The number of urea groups is 1. The van der Waals surface area contributed by atoms with Crippen molar-refractivity contribution in [3.63, 3.8) is 0 Å². The van der Waals surface area contributed by atoms with Gasteiger partial charge in [-0.05, 0) is 45.0 Å². The molecule has 1 saturated heterocycles. The van der Waals surface area contributed by atoms with Crippen LogP contribution in [-0.2, 0) is 0 Å². The molecule has 4 nitrogen and oxygen atoms in total. The Morgan fingerprint density at radius 2 is 1.65 bits per heavy atom. The van der Waals surface area contributed by atoms with Crippen molar-refractivity contribution in [1.82, 2.24) is 9.80 Å². The Balaban J connectivity index is 1.87. The number of amides is 2. The van der Waals surface area contributed by atoms with Crippen molar-refractivity contribution >= 4 is 27.6 Å². The summed E-state index contributed by atoms with van der Waals surface area (Å²) in [5.74, 6) is 0.